The number of nitrogens with one attached hydrogen (secondary N) is 1. The number of nitrogens with two attached hydrogens (primary N) is 1. The van der Waals surface area contributed by atoms with Crippen LogP contribution in [-0.2, 0) is 0 Å². The number of aliphatic hydroxyl groups excluding tert-OH is 1. The minimum atomic E-state index is -0.0677. The zero-order valence-electron chi connectivity index (χ0n) is 9.35. The van der Waals surface area contributed by atoms with E-state index in [0.29, 0.717) is 24.6 Å². The van der Waals surface area contributed by atoms with Crippen LogP contribution in [0.15, 0.2) is 12.3 Å². The molecule has 1 aromatic rings. The van der Waals surface area contributed by atoms with Gasteiger partial charge in [0.2, 0.25) is 5.95 Å². The Bertz CT molecular complexity index is 355. The Kier molecular flexibility index (Phi) is 4.65. The number of aromatic nitrogens is 2. The fourth-order valence-corrected chi connectivity index (χ4v) is 1.31. The Labute approximate surface area is 94.6 Å². The highest BCUT2D eigenvalue weighted by Gasteiger charge is 2.08. The second-order valence-electron chi connectivity index (χ2n) is 3.31. The van der Waals surface area contributed by atoms with E-state index < -0.39 is 0 Å². The summed E-state index contributed by atoms with van der Waals surface area (Å²) in [6, 6.07) is 1.60. The molecule has 88 valence electrons. The maximum absolute atomic E-state index is 8.78. The summed E-state index contributed by atoms with van der Waals surface area (Å²) in [6.45, 7) is 3.57. The van der Waals surface area contributed by atoms with Crippen molar-refractivity contribution < 1.29 is 5.11 Å². The fourth-order valence-electron chi connectivity index (χ4n) is 1.31. The fraction of sp³-hybridized carbons (Fsp3) is 0.500. The van der Waals surface area contributed by atoms with Gasteiger partial charge in [0, 0.05) is 25.9 Å². The number of aliphatic hydroxyl groups is 1. The van der Waals surface area contributed by atoms with Crippen molar-refractivity contribution in [1.29, 1.82) is 5.41 Å². The SMILES string of the molecule is CCN(CCCO)c1nccc(C(=N)N)n1. The Morgan fingerprint density at radius 3 is 2.94 bits per heavy atom. The second kappa shape index (κ2) is 6.02. The van der Waals surface area contributed by atoms with E-state index in [0.717, 1.165) is 6.54 Å². The van der Waals surface area contributed by atoms with Gasteiger partial charge in [-0.1, -0.05) is 0 Å². The lowest BCUT2D eigenvalue weighted by molar-refractivity contribution is 0.289. The average Bonchev–Trinajstić information content (AvgIpc) is 2.30. The quantitative estimate of drug-likeness (QED) is 0.464. The second-order valence-corrected chi connectivity index (χ2v) is 3.31. The summed E-state index contributed by atoms with van der Waals surface area (Å²) in [4.78, 5) is 10.2. The molecule has 0 aliphatic carbocycles. The van der Waals surface area contributed by atoms with Gasteiger partial charge in [0.25, 0.3) is 0 Å². The molecule has 6 heteroatoms. The Morgan fingerprint density at radius 1 is 1.62 bits per heavy atom. The van der Waals surface area contributed by atoms with Gasteiger partial charge in [0.05, 0.1) is 0 Å². The highest BCUT2D eigenvalue weighted by molar-refractivity contribution is 5.93. The molecule has 0 spiro atoms. The normalized spacial score (nSPS) is 10.1. The number of nitrogen functional groups attached to an aromatic ring is 1. The van der Waals surface area contributed by atoms with Crippen LogP contribution in [0.3, 0.4) is 0 Å². The van der Waals surface area contributed by atoms with Crippen LogP contribution in [0.25, 0.3) is 0 Å². The minimum Gasteiger partial charge on any atom is -0.396 e. The molecule has 0 aromatic carbocycles. The summed E-state index contributed by atoms with van der Waals surface area (Å²) in [7, 11) is 0. The van der Waals surface area contributed by atoms with E-state index in [1.165, 1.54) is 0 Å². The highest BCUT2D eigenvalue weighted by Crippen LogP contribution is 2.07. The van der Waals surface area contributed by atoms with E-state index in [2.05, 4.69) is 9.97 Å². The summed E-state index contributed by atoms with van der Waals surface area (Å²) >= 11 is 0. The van der Waals surface area contributed by atoms with Gasteiger partial charge in [-0.05, 0) is 19.4 Å². The van der Waals surface area contributed by atoms with E-state index in [9.17, 15) is 0 Å². The summed E-state index contributed by atoms with van der Waals surface area (Å²) in [5.41, 5.74) is 5.78. The molecule has 0 bridgehead atoms. The van der Waals surface area contributed by atoms with Crippen LogP contribution in [-0.4, -0.2) is 40.6 Å². The van der Waals surface area contributed by atoms with E-state index in [1.54, 1.807) is 12.3 Å². The van der Waals surface area contributed by atoms with E-state index in [-0.39, 0.29) is 12.4 Å². The molecule has 0 aliphatic heterocycles. The number of hydrogen-bond donors (Lipinski definition) is 3. The first-order valence-corrected chi connectivity index (χ1v) is 5.22. The van der Waals surface area contributed by atoms with Gasteiger partial charge in [-0.3, -0.25) is 5.41 Å². The third-order valence-corrected chi connectivity index (χ3v) is 2.17. The molecule has 0 saturated heterocycles. The first-order chi connectivity index (χ1) is 7.69. The first-order valence-electron chi connectivity index (χ1n) is 5.22. The number of rotatable bonds is 6. The van der Waals surface area contributed by atoms with Crippen molar-refractivity contribution >= 4 is 11.8 Å². The average molecular weight is 223 g/mol. The lowest BCUT2D eigenvalue weighted by Crippen LogP contribution is -2.27. The number of amidine groups is 1. The molecule has 1 heterocycles. The van der Waals surface area contributed by atoms with Gasteiger partial charge in [-0.2, -0.15) is 0 Å². The maximum atomic E-state index is 8.78. The molecule has 1 rings (SSSR count). The molecular formula is C10H17N5O. The topological polar surface area (TPSA) is 99.1 Å². The standard InChI is InChI=1S/C10H17N5O/c1-2-15(6-3-7-16)10-13-5-4-8(14-10)9(11)12/h4-5,16H,2-3,6-7H2,1H3,(H3,11,12). The number of nitrogens with zero attached hydrogens (tertiary/aromatic N) is 3. The van der Waals surface area contributed by atoms with Crippen LogP contribution in [0.4, 0.5) is 5.95 Å². The summed E-state index contributed by atoms with van der Waals surface area (Å²) in [5.74, 6) is 0.477. The van der Waals surface area contributed by atoms with Crippen LogP contribution in [0, 0.1) is 5.41 Å². The van der Waals surface area contributed by atoms with Crippen molar-refractivity contribution in [3.8, 4) is 0 Å². The number of anilines is 1. The third-order valence-electron chi connectivity index (χ3n) is 2.17. The summed E-state index contributed by atoms with van der Waals surface area (Å²) < 4.78 is 0. The molecular weight excluding hydrogens is 206 g/mol. The van der Waals surface area contributed by atoms with Crippen LogP contribution in [0.1, 0.15) is 19.0 Å². The molecule has 0 saturated carbocycles. The Balaban J connectivity index is 2.83. The molecule has 0 atom stereocenters. The molecule has 0 fully saturated rings. The summed E-state index contributed by atoms with van der Waals surface area (Å²) in [6.07, 6.45) is 2.25. The predicted octanol–water partition coefficient (Wildman–Crippen LogP) is -0.0306. The molecule has 1 aromatic heterocycles. The molecule has 0 unspecified atom stereocenters. The maximum Gasteiger partial charge on any atom is 0.225 e. The zero-order valence-corrected chi connectivity index (χ0v) is 9.35. The van der Waals surface area contributed by atoms with Crippen molar-refractivity contribution in [3.05, 3.63) is 18.0 Å². The lowest BCUT2D eigenvalue weighted by atomic mass is 10.3. The summed E-state index contributed by atoms with van der Waals surface area (Å²) in [5, 5.41) is 16.1. The van der Waals surface area contributed by atoms with Gasteiger partial charge in [-0.15, -0.1) is 0 Å². The van der Waals surface area contributed by atoms with Gasteiger partial charge < -0.3 is 15.7 Å². The van der Waals surface area contributed by atoms with Gasteiger partial charge in [-0.25, -0.2) is 9.97 Å². The van der Waals surface area contributed by atoms with E-state index >= 15 is 0 Å². The van der Waals surface area contributed by atoms with Crippen molar-refractivity contribution in [1.82, 2.24) is 9.97 Å². The number of hydrogen-bond acceptors (Lipinski definition) is 5. The van der Waals surface area contributed by atoms with Crippen LogP contribution in [0.5, 0.6) is 0 Å². The molecule has 6 nitrogen and oxygen atoms in total. The predicted molar refractivity (Wildman–Crippen MR) is 62.6 cm³/mol. The first kappa shape index (κ1) is 12.4. The molecule has 0 aliphatic rings. The molecule has 0 amide bonds. The highest BCUT2D eigenvalue weighted by atomic mass is 16.3. The van der Waals surface area contributed by atoms with Crippen LogP contribution < -0.4 is 10.6 Å². The Morgan fingerprint density at radius 2 is 2.38 bits per heavy atom. The van der Waals surface area contributed by atoms with Crippen molar-refractivity contribution in [2.24, 2.45) is 5.73 Å². The third kappa shape index (κ3) is 3.16. The van der Waals surface area contributed by atoms with Crippen LogP contribution >= 0.6 is 0 Å². The molecule has 16 heavy (non-hydrogen) atoms. The van der Waals surface area contributed by atoms with Crippen molar-refractivity contribution in [2.75, 3.05) is 24.6 Å². The van der Waals surface area contributed by atoms with Gasteiger partial charge in [0.1, 0.15) is 11.5 Å². The van der Waals surface area contributed by atoms with Crippen molar-refractivity contribution in [3.63, 3.8) is 0 Å². The smallest absolute Gasteiger partial charge is 0.225 e. The van der Waals surface area contributed by atoms with Gasteiger partial charge in [0.15, 0.2) is 0 Å². The lowest BCUT2D eigenvalue weighted by Gasteiger charge is -2.20. The molecule has 0 radical (unpaired) electrons. The van der Waals surface area contributed by atoms with Crippen LogP contribution in [0.2, 0.25) is 0 Å². The molecule has 4 N–H and O–H groups in total. The van der Waals surface area contributed by atoms with Crippen molar-refractivity contribution in [2.45, 2.75) is 13.3 Å². The largest absolute Gasteiger partial charge is 0.396 e. The van der Waals surface area contributed by atoms with Gasteiger partial charge >= 0.3 is 0 Å². The minimum absolute atomic E-state index is 0.0677. The zero-order chi connectivity index (χ0) is 12.0. The monoisotopic (exact) mass is 223 g/mol. The van der Waals surface area contributed by atoms with E-state index in [4.69, 9.17) is 16.2 Å². The Hall–Kier alpha value is -1.69. The van der Waals surface area contributed by atoms with E-state index in [1.807, 2.05) is 11.8 Å².